The molecule has 0 aliphatic rings. The van der Waals surface area contributed by atoms with Crippen molar-refractivity contribution in [2.24, 2.45) is 0 Å². The average Bonchev–Trinajstić information content (AvgIpc) is 2.81. The molecule has 0 saturated heterocycles. The Bertz CT molecular complexity index is 670. The minimum absolute atomic E-state index is 0.0584. The van der Waals surface area contributed by atoms with Crippen LogP contribution in [0.15, 0.2) is 27.2 Å². The van der Waals surface area contributed by atoms with Crippen LogP contribution in [0.3, 0.4) is 0 Å². The average molecular weight is 364 g/mol. The highest BCUT2D eigenvalue weighted by Crippen LogP contribution is 2.35. The molecule has 0 radical (unpaired) electrons. The summed E-state index contributed by atoms with van der Waals surface area (Å²) in [5, 5.41) is 5.94. The van der Waals surface area contributed by atoms with Crippen LogP contribution >= 0.6 is 15.9 Å². The molecule has 112 valence electrons. The summed E-state index contributed by atoms with van der Waals surface area (Å²) in [7, 11) is 0. The molecule has 1 heterocycles. The molecule has 5 nitrogen and oxygen atoms in total. The minimum Gasteiger partial charge on any atom is -0.343 e. The van der Waals surface area contributed by atoms with E-state index in [2.05, 4.69) is 31.4 Å². The lowest BCUT2D eigenvalue weighted by molar-refractivity contribution is -0.138. The lowest BCUT2D eigenvalue weighted by Gasteiger charge is -2.10. The van der Waals surface area contributed by atoms with Crippen LogP contribution in [-0.2, 0) is 12.7 Å². The standard InChI is InChI=1S/C12H9BrF3N3O2/c1-6-18-10(21-19-6)5-17-11(20)7-2-3-9(13)8(4-7)12(14,15)16/h2-4H,5H2,1H3,(H,17,20). The Labute approximate surface area is 125 Å². The summed E-state index contributed by atoms with van der Waals surface area (Å²) in [4.78, 5) is 15.7. The van der Waals surface area contributed by atoms with Gasteiger partial charge in [-0.3, -0.25) is 4.79 Å². The highest BCUT2D eigenvalue weighted by atomic mass is 79.9. The number of rotatable bonds is 3. The van der Waals surface area contributed by atoms with E-state index >= 15 is 0 Å². The number of nitrogens with one attached hydrogen (secondary N) is 1. The number of carbonyl (C=O) groups is 1. The lowest BCUT2D eigenvalue weighted by atomic mass is 10.1. The maximum absolute atomic E-state index is 12.8. The molecule has 0 bridgehead atoms. The van der Waals surface area contributed by atoms with Gasteiger partial charge in [-0.15, -0.1) is 0 Å². The highest BCUT2D eigenvalue weighted by molar-refractivity contribution is 9.10. The molecule has 1 N–H and O–H groups in total. The van der Waals surface area contributed by atoms with Crippen molar-refractivity contribution >= 4 is 21.8 Å². The number of alkyl halides is 3. The maximum atomic E-state index is 12.8. The second-order valence-electron chi connectivity index (χ2n) is 4.11. The first-order chi connectivity index (χ1) is 9.77. The summed E-state index contributed by atoms with van der Waals surface area (Å²) >= 11 is 2.81. The van der Waals surface area contributed by atoms with Gasteiger partial charge in [0, 0.05) is 10.0 Å². The van der Waals surface area contributed by atoms with E-state index in [9.17, 15) is 18.0 Å². The molecule has 21 heavy (non-hydrogen) atoms. The number of hydrogen-bond donors (Lipinski definition) is 1. The predicted octanol–water partition coefficient (Wildman–Crippen LogP) is 3.09. The van der Waals surface area contributed by atoms with Crippen LogP contribution in [0.2, 0.25) is 0 Å². The first-order valence-corrected chi connectivity index (χ1v) is 6.51. The van der Waals surface area contributed by atoms with Crippen molar-refractivity contribution < 1.29 is 22.5 Å². The third-order valence-corrected chi connectivity index (χ3v) is 3.20. The fraction of sp³-hybridized carbons (Fsp3) is 0.250. The number of nitrogens with zero attached hydrogens (tertiary/aromatic N) is 2. The monoisotopic (exact) mass is 363 g/mol. The molecule has 0 saturated carbocycles. The van der Waals surface area contributed by atoms with Gasteiger partial charge in [-0.25, -0.2) is 0 Å². The van der Waals surface area contributed by atoms with Gasteiger partial charge in [0.25, 0.3) is 5.91 Å². The van der Waals surface area contributed by atoms with Crippen LogP contribution in [0.1, 0.15) is 27.6 Å². The topological polar surface area (TPSA) is 68.0 Å². The quantitative estimate of drug-likeness (QED) is 0.909. The second kappa shape index (κ2) is 5.84. The van der Waals surface area contributed by atoms with E-state index in [1.54, 1.807) is 6.92 Å². The van der Waals surface area contributed by atoms with Crippen molar-refractivity contribution in [2.45, 2.75) is 19.6 Å². The first-order valence-electron chi connectivity index (χ1n) is 5.71. The SMILES string of the molecule is Cc1noc(CNC(=O)c2ccc(Br)c(C(F)(F)F)c2)n1. The molecule has 0 atom stereocenters. The fourth-order valence-corrected chi connectivity index (χ4v) is 2.02. The van der Waals surface area contributed by atoms with Gasteiger partial charge in [-0.2, -0.15) is 18.2 Å². The number of aryl methyl sites for hydroxylation is 1. The van der Waals surface area contributed by atoms with Gasteiger partial charge in [0.05, 0.1) is 12.1 Å². The van der Waals surface area contributed by atoms with Crippen molar-refractivity contribution in [2.75, 3.05) is 0 Å². The Hall–Kier alpha value is -1.90. The number of benzene rings is 1. The van der Waals surface area contributed by atoms with Gasteiger partial charge in [0.1, 0.15) is 0 Å². The van der Waals surface area contributed by atoms with Gasteiger partial charge in [-0.05, 0) is 25.1 Å². The van der Waals surface area contributed by atoms with Crippen LogP contribution in [0.5, 0.6) is 0 Å². The normalized spacial score (nSPS) is 11.5. The summed E-state index contributed by atoms with van der Waals surface area (Å²) < 4.78 is 42.9. The molecule has 1 amide bonds. The molecule has 1 aromatic heterocycles. The summed E-state index contributed by atoms with van der Waals surface area (Å²) in [6, 6.07) is 3.24. The number of halogens is 4. The number of carbonyl (C=O) groups excluding carboxylic acids is 1. The Balaban J connectivity index is 2.12. The molecule has 0 fully saturated rings. The second-order valence-corrected chi connectivity index (χ2v) is 4.96. The van der Waals surface area contributed by atoms with E-state index in [4.69, 9.17) is 4.52 Å². The van der Waals surface area contributed by atoms with E-state index in [1.807, 2.05) is 0 Å². The summed E-state index contributed by atoms with van der Waals surface area (Å²) in [6.07, 6.45) is -4.54. The Morgan fingerprint density at radius 2 is 2.14 bits per heavy atom. The largest absolute Gasteiger partial charge is 0.417 e. The maximum Gasteiger partial charge on any atom is 0.417 e. The molecule has 2 aromatic rings. The Morgan fingerprint density at radius 1 is 1.43 bits per heavy atom. The van der Waals surface area contributed by atoms with Crippen LogP contribution < -0.4 is 5.32 Å². The zero-order valence-corrected chi connectivity index (χ0v) is 12.2. The van der Waals surface area contributed by atoms with Crippen LogP contribution in [0.25, 0.3) is 0 Å². The number of aromatic nitrogens is 2. The zero-order chi connectivity index (χ0) is 15.6. The molecular weight excluding hydrogens is 355 g/mol. The van der Waals surface area contributed by atoms with E-state index in [1.165, 1.54) is 12.1 Å². The van der Waals surface area contributed by atoms with E-state index in [0.29, 0.717) is 5.82 Å². The molecular formula is C12H9BrF3N3O2. The summed E-state index contributed by atoms with van der Waals surface area (Å²) in [6.45, 7) is 1.55. The van der Waals surface area contributed by atoms with Crippen LogP contribution in [0.4, 0.5) is 13.2 Å². The molecule has 9 heteroatoms. The molecule has 0 aliphatic heterocycles. The van der Waals surface area contributed by atoms with Crippen molar-refractivity contribution in [3.05, 3.63) is 45.5 Å². The van der Waals surface area contributed by atoms with Crippen molar-refractivity contribution in [3.8, 4) is 0 Å². The number of hydrogen-bond acceptors (Lipinski definition) is 4. The van der Waals surface area contributed by atoms with Gasteiger partial charge in [0.2, 0.25) is 5.89 Å². The van der Waals surface area contributed by atoms with E-state index in [-0.39, 0.29) is 22.5 Å². The first kappa shape index (κ1) is 15.5. The third kappa shape index (κ3) is 3.81. The third-order valence-electron chi connectivity index (χ3n) is 2.50. The molecule has 0 spiro atoms. The van der Waals surface area contributed by atoms with Gasteiger partial charge in [0.15, 0.2) is 5.82 Å². The zero-order valence-electron chi connectivity index (χ0n) is 10.7. The Morgan fingerprint density at radius 3 is 2.71 bits per heavy atom. The summed E-state index contributed by atoms with van der Waals surface area (Å²) in [5.41, 5.74) is -1.02. The predicted molar refractivity (Wildman–Crippen MR) is 69.3 cm³/mol. The minimum atomic E-state index is -4.54. The molecule has 2 rings (SSSR count). The molecule has 0 unspecified atom stereocenters. The van der Waals surface area contributed by atoms with Gasteiger partial charge < -0.3 is 9.84 Å². The highest BCUT2D eigenvalue weighted by Gasteiger charge is 2.33. The Kier molecular flexibility index (Phi) is 4.31. The lowest BCUT2D eigenvalue weighted by Crippen LogP contribution is -2.23. The molecule has 1 aromatic carbocycles. The van der Waals surface area contributed by atoms with E-state index < -0.39 is 17.6 Å². The van der Waals surface area contributed by atoms with Crippen LogP contribution in [0, 0.1) is 6.92 Å². The van der Waals surface area contributed by atoms with Crippen molar-refractivity contribution in [3.63, 3.8) is 0 Å². The fourth-order valence-electron chi connectivity index (χ4n) is 1.55. The summed E-state index contributed by atoms with van der Waals surface area (Å²) in [5.74, 6) is -0.0832. The van der Waals surface area contributed by atoms with Gasteiger partial charge in [-0.1, -0.05) is 21.1 Å². The van der Waals surface area contributed by atoms with E-state index in [0.717, 1.165) is 6.07 Å². The van der Waals surface area contributed by atoms with Crippen LogP contribution in [-0.4, -0.2) is 16.0 Å². The van der Waals surface area contributed by atoms with Crippen molar-refractivity contribution in [1.82, 2.24) is 15.5 Å². The number of amides is 1. The van der Waals surface area contributed by atoms with Crippen molar-refractivity contribution in [1.29, 1.82) is 0 Å². The smallest absolute Gasteiger partial charge is 0.343 e. The molecule has 0 aliphatic carbocycles. The van der Waals surface area contributed by atoms with Gasteiger partial charge >= 0.3 is 6.18 Å².